The molecule has 2 fully saturated rings. The maximum Gasteiger partial charge on any atom is 0.225 e. The Bertz CT molecular complexity index is 745. The lowest BCUT2D eigenvalue weighted by molar-refractivity contribution is -0.116. The fraction of sp³-hybridized carbons (Fsp3) is 0.550. The van der Waals surface area contributed by atoms with E-state index in [2.05, 4.69) is 44.5 Å². The normalized spacial score (nSPS) is 21.3. The van der Waals surface area contributed by atoms with Crippen LogP contribution in [0.5, 0.6) is 0 Å². The smallest absolute Gasteiger partial charge is 0.225 e. The molecule has 26 heavy (non-hydrogen) atoms. The second kappa shape index (κ2) is 8.20. The summed E-state index contributed by atoms with van der Waals surface area (Å²) in [6.07, 6.45) is 4.96. The molecule has 1 amide bonds. The van der Waals surface area contributed by atoms with E-state index in [1.54, 1.807) is 0 Å². The molecular formula is C20H28N4O2. The number of hydrogen-bond acceptors (Lipinski definition) is 4. The Hall–Kier alpha value is -1.89. The number of anilines is 1. The molecule has 1 unspecified atom stereocenters. The monoisotopic (exact) mass is 356 g/mol. The van der Waals surface area contributed by atoms with E-state index in [0.717, 1.165) is 58.0 Å². The van der Waals surface area contributed by atoms with Gasteiger partial charge in [-0.1, -0.05) is 0 Å². The Morgan fingerprint density at radius 1 is 1.23 bits per heavy atom. The lowest BCUT2D eigenvalue weighted by Gasteiger charge is -2.26. The molecule has 140 valence electrons. The van der Waals surface area contributed by atoms with Crippen LogP contribution in [0.3, 0.4) is 0 Å². The number of carbonyl (C=O) groups excluding carboxylic acids is 1. The second-order valence-corrected chi connectivity index (χ2v) is 7.28. The molecule has 1 aromatic heterocycles. The summed E-state index contributed by atoms with van der Waals surface area (Å²) in [5, 5.41) is 7.59. The average molecular weight is 356 g/mol. The molecule has 1 aromatic carbocycles. The number of carbonyl (C=O) groups is 1. The molecule has 6 heteroatoms. The van der Waals surface area contributed by atoms with E-state index < -0.39 is 0 Å². The minimum absolute atomic E-state index is 0.0931. The number of morpholine rings is 1. The summed E-state index contributed by atoms with van der Waals surface area (Å²) in [7, 11) is 0. The zero-order valence-electron chi connectivity index (χ0n) is 15.2. The number of aromatic nitrogens is 1. The summed E-state index contributed by atoms with van der Waals surface area (Å²) < 4.78 is 7.70. The molecule has 2 aliphatic heterocycles. The van der Waals surface area contributed by atoms with Crippen LogP contribution in [0.4, 0.5) is 5.69 Å². The molecule has 3 heterocycles. The van der Waals surface area contributed by atoms with Gasteiger partial charge in [0.2, 0.25) is 5.91 Å². The molecule has 2 aliphatic rings. The van der Waals surface area contributed by atoms with Gasteiger partial charge in [-0.2, -0.15) is 0 Å². The average Bonchev–Trinajstić information content (AvgIpc) is 3.30. The third-order valence-electron chi connectivity index (χ3n) is 5.41. The molecule has 2 saturated heterocycles. The van der Waals surface area contributed by atoms with Gasteiger partial charge in [0.05, 0.1) is 13.2 Å². The largest absolute Gasteiger partial charge is 0.379 e. The van der Waals surface area contributed by atoms with E-state index in [1.807, 2.05) is 6.07 Å². The Balaban J connectivity index is 1.36. The van der Waals surface area contributed by atoms with Gasteiger partial charge in [-0.15, -0.1) is 0 Å². The zero-order chi connectivity index (χ0) is 17.8. The summed E-state index contributed by atoms with van der Waals surface area (Å²) in [4.78, 5) is 14.7. The Morgan fingerprint density at radius 3 is 2.92 bits per heavy atom. The van der Waals surface area contributed by atoms with Gasteiger partial charge >= 0.3 is 0 Å². The van der Waals surface area contributed by atoms with Gasteiger partial charge in [0, 0.05) is 61.4 Å². The summed E-state index contributed by atoms with van der Waals surface area (Å²) in [6, 6.07) is 8.65. The molecule has 0 spiro atoms. The fourth-order valence-corrected chi connectivity index (χ4v) is 3.91. The maximum atomic E-state index is 12.2. The number of fused-ring (bicyclic) bond motifs is 1. The van der Waals surface area contributed by atoms with Crippen LogP contribution in [-0.4, -0.2) is 60.8 Å². The third kappa shape index (κ3) is 4.26. The molecule has 6 nitrogen and oxygen atoms in total. The van der Waals surface area contributed by atoms with Crippen molar-refractivity contribution in [2.45, 2.75) is 31.8 Å². The summed E-state index contributed by atoms with van der Waals surface area (Å²) >= 11 is 0. The Kier molecular flexibility index (Phi) is 5.53. The molecular weight excluding hydrogens is 328 g/mol. The zero-order valence-corrected chi connectivity index (χ0v) is 15.2. The fourth-order valence-electron chi connectivity index (χ4n) is 3.91. The first-order valence-corrected chi connectivity index (χ1v) is 9.70. The first-order chi connectivity index (χ1) is 12.8. The van der Waals surface area contributed by atoms with E-state index in [9.17, 15) is 4.79 Å². The van der Waals surface area contributed by atoms with Crippen LogP contribution in [0.2, 0.25) is 0 Å². The van der Waals surface area contributed by atoms with Crippen LogP contribution in [0.25, 0.3) is 10.9 Å². The molecule has 0 radical (unpaired) electrons. The summed E-state index contributed by atoms with van der Waals surface area (Å²) in [5.74, 6) is 0.0931. The summed E-state index contributed by atoms with van der Waals surface area (Å²) in [6.45, 7) is 6.76. The van der Waals surface area contributed by atoms with E-state index in [-0.39, 0.29) is 5.91 Å². The molecule has 1 atom stereocenters. The van der Waals surface area contributed by atoms with Gasteiger partial charge in [-0.3, -0.25) is 9.69 Å². The highest BCUT2D eigenvalue weighted by Gasteiger charge is 2.17. The highest BCUT2D eigenvalue weighted by molar-refractivity contribution is 5.94. The van der Waals surface area contributed by atoms with Crippen molar-refractivity contribution in [2.75, 3.05) is 44.7 Å². The lowest BCUT2D eigenvalue weighted by atomic mass is 10.1. The number of amides is 1. The third-order valence-corrected chi connectivity index (χ3v) is 5.41. The number of benzene rings is 1. The van der Waals surface area contributed by atoms with Crippen LogP contribution in [0, 0.1) is 0 Å². The van der Waals surface area contributed by atoms with Crippen molar-refractivity contribution in [3.63, 3.8) is 0 Å². The van der Waals surface area contributed by atoms with E-state index in [1.165, 1.54) is 17.3 Å². The highest BCUT2D eigenvalue weighted by atomic mass is 16.5. The number of nitrogens with zero attached hydrogens (tertiary/aromatic N) is 2. The van der Waals surface area contributed by atoms with Crippen LogP contribution in [0.15, 0.2) is 30.5 Å². The van der Waals surface area contributed by atoms with Gasteiger partial charge in [0.15, 0.2) is 0 Å². The molecule has 4 rings (SSSR count). The number of nitrogens with one attached hydrogen (secondary N) is 2. The molecule has 0 bridgehead atoms. The van der Waals surface area contributed by atoms with E-state index >= 15 is 0 Å². The van der Waals surface area contributed by atoms with Gasteiger partial charge in [0.1, 0.15) is 0 Å². The van der Waals surface area contributed by atoms with Crippen molar-refractivity contribution in [3.05, 3.63) is 30.5 Å². The Morgan fingerprint density at radius 2 is 2.12 bits per heavy atom. The number of ether oxygens (including phenoxy) is 1. The van der Waals surface area contributed by atoms with Crippen molar-refractivity contribution >= 4 is 22.5 Å². The van der Waals surface area contributed by atoms with Crippen molar-refractivity contribution < 1.29 is 9.53 Å². The molecule has 2 aromatic rings. The van der Waals surface area contributed by atoms with Gasteiger partial charge in [0.25, 0.3) is 0 Å². The molecule has 0 saturated carbocycles. The van der Waals surface area contributed by atoms with Crippen molar-refractivity contribution in [1.29, 1.82) is 0 Å². The van der Waals surface area contributed by atoms with E-state index in [0.29, 0.717) is 12.5 Å². The standard InChI is InChI=1S/C20H28N4O2/c25-20(15-17-2-1-6-21-17)22-18-3-4-19-16(14-18)5-7-24(19)9-8-23-10-12-26-13-11-23/h3-5,7,14,17,21H,1-2,6,8-13,15H2,(H,22,25). The first kappa shape index (κ1) is 17.5. The highest BCUT2D eigenvalue weighted by Crippen LogP contribution is 2.21. The van der Waals surface area contributed by atoms with Gasteiger partial charge in [-0.25, -0.2) is 0 Å². The van der Waals surface area contributed by atoms with Crippen molar-refractivity contribution in [3.8, 4) is 0 Å². The maximum absolute atomic E-state index is 12.2. The minimum Gasteiger partial charge on any atom is -0.379 e. The number of hydrogen-bond donors (Lipinski definition) is 2. The Labute approximate surface area is 154 Å². The molecule has 2 N–H and O–H groups in total. The quantitative estimate of drug-likeness (QED) is 0.832. The minimum atomic E-state index is 0.0931. The summed E-state index contributed by atoms with van der Waals surface area (Å²) in [5.41, 5.74) is 2.10. The van der Waals surface area contributed by atoms with Crippen LogP contribution < -0.4 is 10.6 Å². The molecule has 0 aliphatic carbocycles. The lowest BCUT2D eigenvalue weighted by Crippen LogP contribution is -2.38. The topological polar surface area (TPSA) is 58.5 Å². The second-order valence-electron chi connectivity index (χ2n) is 7.28. The SMILES string of the molecule is O=C(CC1CCCN1)Nc1ccc2c(ccn2CCN2CCOCC2)c1. The van der Waals surface area contributed by atoms with Crippen molar-refractivity contribution in [2.24, 2.45) is 0 Å². The predicted octanol–water partition coefficient (Wildman–Crippen LogP) is 2.05. The first-order valence-electron chi connectivity index (χ1n) is 9.70. The number of rotatable bonds is 6. The predicted molar refractivity (Wildman–Crippen MR) is 103 cm³/mol. The van der Waals surface area contributed by atoms with E-state index in [4.69, 9.17) is 4.74 Å². The van der Waals surface area contributed by atoms with Gasteiger partial charge in [-0.05, 0) is 43.7 Å². The van der Waals surface area contributed by atoms with Crippen molar-refractivity contribution in [1.82, 2.24) is 14.8 Å². The van der Waals surface area contributed by atoms with Crippen LogP contribution in [0.1, 0.15) is 19.3 Å². The van der Waals surface area contributed by atoms with Crippen LogP contribution >= 0.6 is 0 Å². The van der Waals surface area contributed by atoms with Crippen LogP contribution in [-0.2, 0) is 16.1 Å². The van der Waals surface area contributed by atoms with Gasteiger partial charge < -0.3 is 19.9 Å².